The van der Waals surface area contributed by atoms with E-state index in [0.29, 0.717) is 12.1 Å². The van der Waals surface area contributed by atoms with E-state index < -0.39 is 0 Å². The molecule has 0 aromatic rings. The molecule has 2 atom stereocenters. The van der Waals surface area contributed by atoms with Crippen molar-refractivity contribution in [1.82, 2.24) is 10.2 Å². The van der Waals surface area contributed by atoms with Gasteiger partial charge in [0.05, 0.1) is 13.2 Å². The van der Waals surface area contributed by atoms with Crippen LogP contribution in [0.5, 0.6) is 0 Å². The van der Waals surface area contributed by atoms with Crippen LogP contribution in [-0.4, -0.2) is 55.6 Å². The topological polar surface area (TPSA) is 33.7 Å². The summed E-state index contributed by atoms with van der Waals surface area (Å²) in [4.78, 5) is 2.64. The van der Waals surface area contributed by atoms with Crippen LogP contribution in [0, 0.1) is 0 Å². The van der Waals surface area contributed by atoms with Crippen LogP contribution in [0.25, 0.3) is 0 Å². The standard InChI is InChI=1S/C17H34N2O2/c1-4-7-11-19(6-3)16-14-17(20-12-13-21-17)9-8-15(16)18-10-5-2/h15-16,18H,4-14H2,1-3H3. The lowest BCUT2D eigenvalue weighted by molar-refractivity contribution is -0.193. The van der Waals surface area contributed by atoms with Crippen molar-refractivity contribution >= 4 is 0 Å². The molecule has 1 heterocycles. The fraction of sp³-hybridized carbons (Fsp3) is 1.00. The van der Waals surface area contributed by atoms with Gasteiger partial charge in [-0.3, -0.25) is 4.90 Å². The summed E-state index contributed by atoms with van der Waals surface area (Å²) >= 11 is 0. The fourth-order valence-corrected chi connectivity index (χ4v) is 3.76. The Labute approximate surface area is 130 Å². The molecule has 2 rings (SSSR count). The van der Waals surface area contributed by atoms with Gasteiger partial charge in [-0.05, 0) is 38.9 Å². The van der Waals surface area contributed by atoms with Crippen molar-refractivity contribution in [2.24, 2.45) is 0 Å². The minimum atomic E-state index is -0.283. The summed E-state index contributed by atoms with van der Waals surface area (Å²) in [5.41, 5.74) is 0. The summed E-state index contributed by atoms with van der Waals surface area (Å²) in [6.45, 7) is 11.7. The normalized spacial score (nSPS) is 28.6. The molecule has 2 fully saturated rings. The molecule has 0 aromatic heterocycles. The van der Waals surface area contributed by atoms with Crippen molar-refractivity contribution in [2.45, 2.75) is 77.2 Å². The number of nitrogens with zero attached hydrogens (tertiary/aromatic N) is 1. The molecule has 1 aliphatic heterocycles. The van der Waals surface area contributed by atoms with E-state index in [2.05, 4.69) is 31.0 Å². The molecule has 4 nitrogen and oxygen atoms in total. The molecule has 0 amide bonds. The quantitative estimate of drug-likeness (QED) is 0.747. The molecule has 2 aliphatic rings. The third-order valence-electron chi connectivity index (χ3n) is 4.97. The minimum Gasteiger partial charge on any atom is -0.347 e. The Hall–Kier alpha value is -0.160. The van der Waals surface area contributed by atoms with Gasteiger partial charge in [0.1, 0.15) is 0 Å². The van der Waals surface area contributed by atoms with Gasteiger partial charge in [0, 0.05) is 24.9 Å². The highest BCUT2D eigenvalue weighted by molar-refractivity contribution is 4.96. The third-order valence-corrected chi connectivity index (χ3v) is 4.97. The summed E-state index contributed by atoms with van der Waals surface area (Å²) in [5.74, 6) is -0.283. The SMILES string of the molecule is CCCCN(CC)C1CC2(CCC1NCCC)OCCO2. The molecule has 21 heavy (non-hydrogen) atoms. The van der Waals surface area contributed by atoms with Crippen LogP contribution in [0.4, 0.5) is 0 Å². The number of likely N-dealkylation sites (N-methyl/N-ethyl adjacent to an activating group) is 1. The number of nitrogens with one attached hydrogen (secondary N) is 1. The van der Waals surface area contributed by atoms with E-state index in [-0.39, 0.29) is 5.79 Å². The molecule has 4 heteroatoms. The molecule has 0 radical (unpaired) electrons. The predicted octanol–water partition coefficient (Wildman–Crippen LogP) is 2.77. The smallest absolute Gasteiger partial charge is 0.170 e. The van der Waals surface area contributed by atoms with E-state index in [1.54, 1.807) is 0 Å². The van der Waals surface area contributed by atoms with Crippen molar-refractivity contribution in [2.75, 3.05) is 32.8 Å². The molecule has 2 unspecified atom stereocenters. The van der Waals surface area contributed by atoms with Crippen LogP contribution < -0.4 is 5.32 Å². The lowest BCUT2D eigenvalue weighted by Gasteiger charge is -2.46. The van der Waals surface area contributed by atoms with Crippen LogP contribution in [0.1, 0.15) is 59.3 Å². The highest BCUT2D eigenvalue weighted by Crippen LogP contribution is 2.38. The van der Waals surface area contributed by atoms with Gasteiger partial charge in [0.15, 0.2) is 5.79 Å². The van der Waals surface area contributed by atoms with Crippen molar-refractivity contribution in [1.29, 1.82) is 0 Å². The molecule has 1 spiro atoms. The average Bonchev–Trinajstić information content (AvgIpc) is 2.95. The van der Waals surface area contributed by atoms with E-state index in [0.717, 1.165) is 45.6 Å². The number of ether oxygens (including phenoxy) is 2. The molecule has 1 N–H and O–H groups in total. The van der Waals surface area contributed by atoms with E-state index in [1.165, 1.54) is 25.8 Å². The first-order valence-electron chi connectivity index (χ1n) is 9.00. The Morgan fingerprint density at radius 1 is 1.14 bits per heavy atom. The lowest BCUT2D eigenvalue weighted by Crippen LogP contribution is -2.58. The molecule has 0 bridgehead atoms. The Morgan fingerprint density at radius 2 is 1.90 bits per heavy atom. The highest BCUT2D eigenvalue weighted by atomic mass is 16.7. The maximum atomic E-state index is 5.99. The van der Waals surface area contributed by atoms with Crippen molar-refractivity contribution < 1.29 is 9.47 Å². The van der Waals surface area contributed by atoms with Gasteiger partial charge in [-0.1, -0.05) is 27.2 Å². The number of hydrogen-bond donors (Lipinski definition) is 1. The van der Waals surface area contributed by atoms with E-state index in [4.69, 9.17) is 9.47 Å². The summed E-state index contributed by atoms with van der Waals surface area (Å²) < 4.78 is 12.0. The molecule has 1 aliphatic carbocycles. The monoisotopic (exact) mass is 298 g/mol. The number of hydrogen-bond acceptors (Lipinski definition) is 4. The fourth-order valence-electron chi connectivity index (χ4n) is 3.76. The van der Waals surface area contributed by atoms with Gasteiger partial charge < -0.3 is 14.8 Å². The Kier molecular flexibility index (Phi) is 6.93. The number of rotatable bonds is 8. The van der Waals surface area contributed by atoms with Crippen LogP contribution in [-0.2, 0) is 9.47 Å². The van der Waals surface area contributed by atoms with E-state index >= 15 is 0 Å². The second kappa shape index (κ2) is 8.47. The summed E-state index contributed by atoms with van der Waals surface area (Å²) in [6, 6.07) is 1.13. The van der Waals surface area contributed by atoms with Crippen LogP contribution in [0.3, 0.4) is 0 Å². The lowest BCUT2D eigenvalue weighted by atomic mass is 9.84. The first kappa shape index (κ1) is 17.2. The maximum absolute atomic E-state index is 5.99. The highest BCUT2D eigenvalue weighted by Gasteiger charge is 2.46. The maximum Gasteiger partial charge on any atom is 0.170 e. The molecular formula is C17H34N2O2. The minimum absolute atomic E-state index is 0.283. The summed E-state index contributed by atoms with van der Waals surface area (Å²) in [6.07, 6.45) is 6.95. The third kappa shape index (κ3) is 4.41. The molecule has 0 aromatic carbocycles. The first-order valence-corrected chi connectivity index (χ1v) is 9.00. The second-order valence-corrected chi connectivity index (χ2v) is 6.46. The summed E-state index contributed by atoms with van der Waals surface area (Å²) in [7, 11) is 0. The van der Waals surface area contributed by atoms with Crippen molar-refractivity contribution in [3.63, 3.8) is 0 Å². The Morgan fingerprint density at radius 3 is 2.52 bits per heavy atom. The van der Waals surface area contributed by atoms with E-state index in [1.807, 2.05) is 0 Å². The zero-order valence-corrected chi connectivity index (χ0v) is 14.2. The zero-order valence-electron chi connectivity index (χ0n) is 14.2. The molecule has 124 valence electrons. The van der Waals surface area contributed by atoms with Gasteiger partial charge >= 0.3 is 0 Å². The predicted molar refractivity (Wildman–Crippen MR) is 86.5 cm³/mol. The van der Waals surface area contributed by atoms with Gasteiger partial charge in [-0.2, -0.15) is 0 Å². The van der Waals surface area contributed by atoms with Crippen LogP contribution in [0.2, 0.25) is 0 Å². The van der Waals surface area contributed by atoms with Crippen molar-refractivity contribution in [3.05, 3.63) is 0 Å². The van der Waals surface area contributed by atoms with Gasteiger partial charge in [0.2, 0.25) is 0 Å². The Balaban J connectivity index is 2.03. The van der Waals surface area contributed by atoms with Gasteiger partial charge in [-0.15, -0.1) is 0 Å². The average molecular weight is 298 g/mol. The summed E-state index contributed by atoms with van der Waals surface area (Å²) in [5, 5.41) is 3.77. The van der Waals surface area contributed by atoms with Crippen LogP contribution in [0.15, 0.2) is 0 Å². The molecule has 1 saturated heterocycles. The zero-order chi connectivity index (χ0) is 15.1. The molecular weight excluding hydrogens is 264 g/mol. The largest absolute Gasteiger partial charge is 0.347 e. The number of unbranched alkanes of at least 4 members (excludes halogenated alkanes) is 1. The molecule has 1 saturated carbocycles. The first-order chi connectivity index (χ1) is 10.2. The second-order valence-electron chi connectivity index (χ2n) is 6.46. The van der Waals surface area contributed by atoms with Crippen molar-refractivity contribution in [3.8, 4) is 0 Å². The van der Waals surface area contributed by atoms with Gasteiger partial charge in [-0.25, -0.2) is 0 Å². The van der Waals surface area contributed by atoms with Gasteiger partial charge in [0.25, 0.3) is 0 Å². The van der Waals surface area contributed by atoms with E-state index in [9.17, 15) is 0 Å². The van der Waals surface area contributed by atoms with Crippen LogP contribution >= 0.6 is 0 Å². The Bertz CT molecular complexity index is 283.